The minimum absolute atomic E-state index is 0. The number of carbonyl (C=O) groups excluding carboxylic acids is 1. The van der Waals surface area contributed by atoms with Crippen LogP contribution in [0.5, 0.6) is 11.5 Å². The van der Waals surface area contributed by atoms with Crippen LogP contribution in [0, 0.1) is 0 Å². The van der Waals surface area contributed by atoms with Gasteiger partial charge in [0.2, 0.25) is 0 Å². The highest BCUT2D eigenvalue weighted by Gasteiger charge is 2.23. The molecule has 0 aliphatic carbocycles. The highest BCUT2D eigenvalue weighted by Crippen LogP contribution is 2.32. The van der Waals surface area contributed by atoms with E-state index in [4.69, 9.17) is 9.47 Å². The maximum atomic E-state index is 13.5. The Balaban J connectivity index is 0.00000242. The fourth-order valence-corrected chi connectivity index (χ4v) is 2.52. The third-order valence-electron chi connectivity index (χ3n) is 3.56. The number of hydrogen-bond acceptors (Lipinski definition) is 5. The summed E-state index contributed by atoms with van der Waals surface area (Å²) in [5.41, 5.74) is 0.826. The minimum Gasteiger partial charge on any atom is -0.493 e. The van der Waals surface area contributed by atoms with Crippen LogP contribution in [0.3, 0.4) is 0 Å². The lowest BCUT2D eigenvalue weighted by atomic mass is 10.0. The van der Waals surface area contributed by atoms with Gasteiger partial charge in [0.15, 0.2) is 11.5 Å². The van der Waals surface area contributed by atoms with Crippen molar-refractivity contribution in [3.05, 3.63) is 23.8 Å². The average molecular weight is 369 g/mol. The first kappa shape index (κ1) is 21.9. The number of ether oxygens (including phenoxy) is 2. The lowest BCUT2D eigenvalue weighted by Crippen LogP contribution is -2.45. The average Bonchev–Trinajstić information content (AvgIpc) is 2.50. The number of nitrogens with one attached hydrogen (secondary N) is 1. The molecule has 0 spiro atoms. The Morgan fingerprint density at radius 1 is 1.30 bits per heavy atom. The molecule has 0 unspecified atom stereocenters. The molecule has 1 saturated heterocycles. The van der Waals surface area contributed by atoms with E-state index in [1.54, 1.807) is 18.2 Å². The number of nitrogens with zero attached hydrogens (tertiary/aromatic N) is 1. The maximum Gasteiger partial charge on any atom is 0.308 e. The first-order chi connectivity index (χ1) is 10.2. The topological polar surface area (TPSA) is 50.8 Å². The number of benzene rings is 1. The number of rotatable bonds is 5. The number of methoxy groups -OCH3 is 1. The lowest BCUT2D eigenvalue weighted by molar-refractivity contribution is -0.132. The normalized spacial score (nSPS) is 15.8. The second-order valence-electron chi connectivity index (χ2n) is 4.96. The van der Waals surface area contributed by atoms with Crippen LogP contribution < -0.4 is 14.8 Å². The molecule has 1 heterocycles. The molecule has 1 N–H and O–H groups in total. The van der Waals surface area contributed by atoms with Crippen LogP contribution in [0.4, 0.5) is 4.39 Å². The van der Waals surface area contributed by atoms with Gasteiger partial charge in [0, 0.05) is 33.1 Å². The predicted molar refractivity (Wildman–Crippen MR) is 92.0 cm³/mol. The van der Waals surface area contributed by atoms with E-state index < -0.39 is 12.6 Å². The van der Waals surface area contributed by atoms with Crippen LogP contribution in [0.25, 0.3) is 0 Å². The van der Waals surface area contributed by atoms with Crippen molar-refractivity contribution in [3.8, 4) is 11.5 Å². The van der Waals surface area contributed by atoms with Gasteiger partial charge >= 0.3 is 5.97 Å². The summed E-state index contributed by atoms with van der Waals surface area (Å²) in [4.78, 5) is 13.2. The second kappa shape index (κ2) is 10.6. The summed E-state index contributed by atoms with van der Waals surface area (Å²) in [6, 6.07) is 4.88. The van der Waals surface area contributed by atoms with Crippen LogP contribution in [0.2, 0.25) is 0 Å². The lowest BCUT2D eigenvalue weighted by Gasteiger charge is -2.33. The molecule has 1 aromatic rings. The van der Waals surface area contributed by atoms with Gasteiger partial charge in [-0.15, -0.1) is 24.8 Å². The van der Waals surface area contributed by atoms with Crippen LogP contribution >= 0.6 is 24.8 Å². The molecule has 5 nitrogen and oxygen atoms in total. The molecule has 0 radical (unpaired) electrons. The Morgan fingerprint density at radius 3 is 2.48 bits per heavy atom. The first-order valence-electron chi connectivity index (χ1n) is 7.02. The van der Waals surface area contributed by atoms with E-state index in [2.05, 4.69) is 10.2 Å². The highest BCUT2D eigenvalue weighted by atomic mass is 35.5. The highest BCUT2D eigenvalue weighted by molar-refractivity contribution is 5.85. The van der Waals surface area contributed by atoms with E-state index in [-0.39, 0.29) is 30.9 Å². The number of carbonyl (C=O) groups is 1. The largest absolute Gasteiger partial charge is 0.493 e. The summed E-state index contributed by atoms with van der Waals surface area (Å²) in [7, 11) is 1.50. The molecule has 0 bridgehead atoms. The molecule has 1 fully saturated rings. The maximum absolute atomic E-state index is 13.5. The number of halogens is 3. The molecule has 0 aromatic heterocycles. The summed E-state index contributed by atoms with van der Waals surface area (Å²) in [6.07, 6.45) is 0. The minimum atomic E-state index is -0.462. The third-order valence-corrected chi connectivity index (χ3v) is 3.56. The molecular formula is C15H23Cl2FN2O3. The summed E-state index contributed by atoms with van der Waals surface area (Å²) < 4.78 is 23.8. The Morgan fingerprint density at radius 2 is 1.96 bits per heavy atom. The predicted octanol–water partition coefficient (Wildman–Crippen LogP) is 2.38. The quantitative estimate of drug-likeness (QED) is 0.638. The number of esters is 1. The molecule has 0 saturated carbocycles. The molecule has 1 aromatic carbocycles. The number of alkyl halides is 1. The fraction of sp³-hybridized carbons (Fsp3) is 0.533. The van der Waals surface area contributed by atoms with Gasteiger partial charge in [-0.2, -0.15) is 0 Å². The first-order valence-corrected chi connectivity index (χ1v) is 7.02. The van der Waals surface area contributed by atoms with Crippen molar-refractivity contribution in [1.29, 1.82) is 0 Å². The Labute approximate surface area is 148 Å². The Bertz CT molecular complexity index is 500. The SMILES string of the molecule is COc1cc([C@@H](CF)N2CCNCC2)ccc1OC(C)=O.Cl.Cl. The van der Waals surface area contributed by atoms with Gasteiger partial charge in [-0.25, -0.2) is 4.39 Å². The molecule has 23 heavy (non-hydrogen) atoms. The van der Waals surface area contributed by atoms with Gasteiger partial charge in [-0.05, 0) is 17.7 Å². The van der Waals surface area contributed by atoms with Gasteiger partial charge in [-0.1, -0.05) is 6.07 Å². The van der Waals surface area contributed by atoms with Crippen molar-refractivity contribution in [2.24, 2.45) is 0 Å². The van der Waals surface area contributed by atoms with Crippen LogP contribution in [0.1, 0.15) is 18.5 Å². The monoisotopic (exact) mass is 368 g/mol. The van der Waals surface area contributed by atoms with Crippen molar-refractivity contribution < 1.29 is 18.7 Å². The standard InChI is InChI=1S/C15H21FN2O3.2ClH/c1-11(19)21-14-4-3-12(9-15(14)20-2)13(10-16)18-7-5-17-6-8-18;;/h3-4,9,13,17H,5-8,10H2,1-2H3;2*1H/t13-;;/m1../s1. The second-order valence-corrected chi connectivity index (χ2v) is 4.96. The summed E-state index contributed by atoms with van der Waals surface area (Å²) >= 11 is 0. The smallest absolute Gasteiger partial charge is 0.308 e. The molecule has 0 amide bonds. The molecule has 1 atom stereocenters. The Kier molecular flexibility index (Phi) is 10.1. The summed E-state index contributed by atoms with van der Waals surface area (Å²) in [6.45, 7) is 4.21. The summed E-state index contributed by atoms with van der Waals surface area (Å²) in [5.74, 6) is 0.383. The van der Waals surface area contributed by atoms with Gasteiger partial charge in [0.25, 0.3) is 0 Å². The van der Waals surface area contributed by atoms with E-state index in [1.165, 1.54) is 14.0 Å². The van der Waals surface area contributed by atoms with E-state index in [9.17, 15) is 9.18 Å². The molecule has 1 aliphatic heterocycles. The fourth-order valence-electron chi connectivity index (χ4n) is 2.52. The van der Waals surface area contributed by atoms with Crippen LogP contribution in [-0.2, 0) is 4.79 Å². The van der Waals surface area contributed by atoms with Crippen molar-refractivity contribution in [2.45, 2.75) is 13.0 Å². The zero-order valence-corrected chi connectivity index (χ0v) is 14.8. The third kappa shape index (κ3) is 5.80. The molecule has 1 aliphatic rings. The van der Waals surface area contributed by atoms with Crippen molar-refractivity contribution >= 4 is 30.8 Å². The van der Waals surface area contributed by atoms with Gasteiger partial charge < -0.3 is 14.8 Å². The zero-order valence-electron chi connectivity index (χ0n) is 13.2. The summed E-state index contributed by atoms with van der Waals surface area (Å²) in [5, 5.41) is 3.25. The molecule has 132 valence electrons. The van der Waals surface area contributed by atoms with Gasteiger partial charge in [0.1, 0.15) is 6.67 Å². The molecular weight excluding hydrogens is 346 g/mol. The van der Waals surface area contributed by atoms with Crippen molar-refractivity contribution in [1.82, 2.24) is 10.2 Å². The van der Waals surface area contributed by atoms with E-state index in [0.29, 0.717) is 11.5 Å². The molecule has 8 heteroatoms. The molecule has 2 rings (SSSR count). The van der Waals surface area contributed by atoms with Gasteiger partial charge in [-0.3, -0.25) is 9.69 Å². The Hall–Kier alpha value is -1.08. The van der Waals surface area contributed by atoms with E-state index >= 15 is 0 Å². The van der Waals surface area contributed by atoms with Crippen LogP contribution in [-0.4, -0.2) is 50.8 Å². The van der Waals surface area contributed by atoms with Crippen molar-refractivity contribution in [2.75, 3.05) is 40.0 Å². The number of piperazine rings is 1. The zero-order chi connectivity index (χ0) is 15.2. The van der Waals surface area contributed by atoms with Gasteiger partial charge in [0.05, 0.1) is 13.2 Å². The number of hydrogen-bond donors (Lipinski definition) is 1. The van der Waals surface area contributed by atoms with E-state index in [0.717, 1.165) is 31.7 Å². The van der Waals surface area contributed by atoms with Crippen LogP contribution in [0.15, 0.2) is 18.2 Å². The van der Waals surface area contributed by atoms with Crippen molar-refractivity contribution in [3.63, 3.8) is 0 Å². The van der Waals surface area contributed by atoms with E-state index in [1.807, 2.05) is 0 Å².